The van der Waals surface area contributed by atoms with Gasteiger partial charge in [0.1, 0.15) is 5.75 Å². The summed E-state index contributed by atoms with van der Waals surface area (Å²) in [5.41, 5.74) is 2.75. The number of ether oxygens (including phenoxy) is 1. The van der Waals surface area contributed by atoms with Gasteiger partial charge in [-0.2, -0.15) is 0 Å². The number of hydrogen-bond acceptors (Lipinski definition) is 2. The van der Waals surface area contributed by atoms with Gasteiger partial charge in [0.2, 0.25) is 0 Å². The summed E-state index contributed by atoms with van der Waals surface area (Å²) in [4.78, 5) is 2.57. The Hall–Kier alpha value is -1.02. The van der Waals surface area contributed by atoms with Crippen LogP contribution in [0.5, 0.6) is 5.75 Å². The Kier molecular flexibility index (Phi) is 9.16. The zero-order valence-electron chi connectivity index (χ0n) is 14.5. The van der Waals surface area contributed by atoms with E-state index in [1.807, 2.05) is 0 Å². The SMILES string of the molecule is CCCCN(CCC)CCCOc1ccc(C)c(CC)c1. The summed E-state index contributed by atoms with van der Waals surface area (Å²) >= 11 is 0. The molecule has 1 rings (SSSR count). The maximum Gasteiger partial charge on any atom is 0.119 e. The van der Waals surface area contributed by atoms with E-state index in [0.717, 1.165) is 31.7 Å². The first-order valence-electron chi connectivity index (χ1n) is 8.65. The van der Waals surface area contributed by atoms with Crippen LogP contribution in [-0.4, -0.2) is 31.1 Å². The summed E-state index contributed by atoms with van der Waals surface area (Å²) in [6.07, 6.45) is 6.00. The maximum atomic E-state index is 5.91. The lowest BCUT2D eigenvalue weighted by molar-refractivity contribution is 0.231. The van der Waals surface area contributed by atoms with Crippen LogP contribution in [0.4, 0.5) is 0 Å². The number of aryl methyl sites for hydroxylation is 2. The molecule has 0 bridgehead atoms. The Morgan fingerprint density at radius 2 is 1.71 bits per heavy atom. The van der Waals surface area contributed by atoms with Crippen molar-refractivity contribution in [2.24, 2.45) is 0 Å². The van der Waals surface area contributed by atoms with Crippen LogP contribution in [0, 0.1) is 6.92 Å². The van der Waals surface area contributed by atoms with E-state index in [0.29, 0.717) is 0 Å². The average Bonchev–Trinajstić information content (AvgIpc) is 2.50. The number of rotatable bonds is 11. The summed E-state index contributed by atoms with van der Waals surface area (Å²) < 4.78 is 5.91. The van der Waals surface area contributed by atoms with Crippen molar-refractivity contribution in [1.29, 1.82) is 0 Å². The Labute approximate surface area is 131 Å². The van der Waals surface area contributed by atoms with Gasteiger partial charge in [-0.05, 0) is 69.0 Å². The first kappa shape index (κ1) is 18.0. The molecule has 0 amide bonds. The van der Waals surface area contributed by atoms with Gasteiger partial charge < -0.3 is 9.64 Å². The van der Waals surface area contributed by atoms with Gasteiger partial charge in [0.25, 0.3) is 0 Å². The Balaban J connectivity index is 2.31. The van der Waals surface area contributed by atoms with E-state index in [1.54, 1.807) is 0 Å². The van der Waals surface area contributed by atoms with Gasteiger partial charge in [0, 0.05) is 6.54 Å². The molecule has 0 saturated heterocycles. The predicted octanol–water partition coefficient (Wildman–Crippen LogP) is 4.84. The minimum Gasteiger partial charge on any atom is -0.494 e. The van der Waals surface area contributed by atoms with E-state index >= 15 is 0 Å². The number of hydrogen-bond donors (Lipinski definition) is 0. The molecular weight excluding hydrogens is 258 g/mol. The molecule has 0 aliphatic heterocycles. The van der Waals surface area contributed by atoms with E-state index in [1.165, 1.54) is 43.5 Å². The van der Waals surface area contributed by atoms with Gasteiger partial charge in [0.05, 0.1) is 6.61 Å². The van der Waals surface area contributed by atoms with Crippen molar-refractivity contribution in [2.45, 2.75) is 59.8 Å². The largest absolute Gasteiger partial charge is 0.494 e. The molecule has 1 aromatic carbocycles. The molecule has 0 radical (unpaired) electrons. The lowest BCUT2D eigenvalue weighted by Crippen LogP contribution is -2.27. The maximum absolute atomic E-state index is 5.91. The van der Waals surface area contributed by atoms with Crippen LogP contribution < -0.4 is 4.74 Å². The molecule has 0 saturated carbocycles. The molecule has 0 fully saturated rings. The van der Waals surface area contributed by atoms with Gasteiger partial charge in [-0.15, -0.1) is 0 Å². The topological polar surface area (TPSA) is 12.5 Å². The van der Waals surface area contributed by atoms with Gasteiger partial charge in [0.15, 0.2) is 0 Å². The second kappa shape index (κ2) is 10.7. The fourth-order valence-corrected chi connectivity index (χ4v) is 2.63. The van der Waals surface area contributed by atoms with Crippen LogP contribution in [0.2, 0.25) is 0 Å². The van der Waals surface area contributed by atoms with Gasteiger partial charge in [-0.25, -0.2) is 0 Å². The average molecular weight is 291 g/mol. The number of unbranched alkanes of at least 4 members (excludes halogenated alkanes) is 1. The molecule has 0 aliphatic rings. The van der Waals surface area contributed by atoms with Gasteiger partial charge in [-0.1, -0.05) is 33.3 Å². The Bertz CT molecular complexity index is 389. The number of benzene rings is 1. The van der Waals surface area contributed by atoms with Crippen LogP contribution in [0.15, 0.2) is 18.2 Å². The molecule has 0 N–H and O–H groups in total. The van der Waals surface area contributed by atoms with Crippen molar-refractivity contribution in [3.05, 3.63) is 29.3 Å². The molecule has 0 unspecified atom stereocenters. The second-order valence-corrected chi connectivity index (χ2v) is 5.84. The van der Waals surface area contributed by atoms with Crippen molar-refractivity contribution >= 4 is 0 Å². The third-order valence-corrected chi connectivity index (χ3v) is 3.96. The Morgan fingerprint density at radius 1 is 0.952 bits per heavy atom. The summed E-state index contributed by atoms with van der Waals surface area (Å²) in [6.45, 7) is 13.3. The fourth-order valence-electron chi connectivity index (χ4n) is 2.63. The molecule has 0 heterocycles. The first-order valence-corrected chi connectivity index (χ1v) is 8.65. The monoisotopic (exact) mass is 291 g/mol. The van der Waals surface area contributed by atoms with E-state index in [2.05, 4.69) is 50.8 Å². The zero-order chi connectivity index (χ0) is 15.5. The summed E-state index contributed by atoms with van der Waals surface area (Å²) in [7, 11) is 0. The first-order chi connectivity index (χ1) is 10.2. The quantitative estimate of drug-likeness (QED) is 0.541. The highest BCUT2D eigenvalue weighted by atomic mass is 16.5. The summed E-state index contributed by atoms with van der Waals surface area (Å²) in [5, 5.41) is 0. The van der Waals surface area contributed by atoms with Crippen molar-refractivity contribution in [1.82, 2.24) is 4.90 Å². The van der Waals surface area contributed by atoms with Crippen molar-refractivity contribution in [3.63, 3.8) is 0 Å². The molecule has 0 atom stereocenters. The van der Waals surface area contributed by atoms with Crippen molar-refractivity contribution in [3.8, 4) is 5.75 Å². The normalized spacial score (nSPS) is 11.1. The third kappa shape index (κ3) is 6.99. The van der Waals surface area contributed by atoms with Crippen LogP contribution in [0.1, 0.15) is 57.6 Å². The van der Waals surface area contributed by atoms with Gasteiger partial charge >= 0.3 is 0 Å². The van der Waals surface area contributed by atoms with Crippen LogP contribution >= 0.6 is 0 Å². The standard InChI is InChI=1S/C19H33NO/c1-5-8-13-20(12-6-2)14-9-15-21-19-11-10-17(4)18(7-3)16-19/h10-11,16H,5-9,12-15H2,1-4H3. The summed E-state index contributed by atoms with van der Waals surface area (Å²) in [5.74, 6) is 1.02. The summed E-state index contributed by atoms with van der Waals surface area (Å²) in [6, 6.07) is 6.45. The molecular formula is C19H33NO. The molecule has 0 aromatic heterocycles. The number of nitrogens with zero attached hydrogens (tertiary/aromatic N) is 1. The van der Waals surface area contributed by atoms with E-state index in [4.69, 9.17) is 4.74 Å². The Morgan fingerprint density at radius 3 is 2.38 bits per heavy atom. The molecule has 2 heteroatoms. The van der Waals surface area contributed by atoms with Crippen LogP contribution in [0.25, 0.3) is 0 Å². The van der Waals surface area contributed by atoms with E-state index in [-0.39, 0.29) is 0 Å². The van der Waals surface area contributed by atoms with Crippen LogP contribution in [-0.2, 0) is 6.42 Å². The molecule has 2 nitrogen and oxygen atoms in total. The lowest BCUT2D eigenvalue weighted by Gasteiger charge is -2.21. The van der Waals surface area contributed by atoms with Crippen molar-refractivity contribution < 1.29 is 4.74 Å². The molecule has 0 spiro atoms. The minimum atomic E-state index is 0.818. The third-order valence-electron chi connectivity index (χ3n) is 3.96. The lowest BCUT2D eigenvalue weighted by atomic mass is 10.1. The molecule has 120 valence electrons. The van der Waals surface area contributed by atoms with E-state index < -0.39 is 0 Å². The molecule has 1 aromatic rings. The smallest absolute Gasteiger partial charge is 0.119 e. The fraction of sp³-hybridized carbons (Fsp3) is 0.684. The molecule has 21 heavy (non-hydrogen) atoms. The van der Waals surface area contributed by atoms with Gasteiger partial charge in [-0.3, -0.25) is 0 Å². The highest BCUT2D eigenvalue weighted by Gasteiger charge is 2.04. The minimum absolute atomic E-state index is 0.818. The predicted molar refractivity (Wildman–Crippen MR) is 92.3 cm³/mol. The highest BCUT2D eigenvalue weighted by molar-refractivity contribution is 5.34. The second-order valence-electron chi connectivity index (χ2n) is 5.84. The molecule has 0 aliphatic carbocycles. The van der Waals surface area contributed by atoms with Crippen LogP contribution in [0.3, 0.4) is 0 Å². The highest BCUT2D eigenvalue weighted by Crippen LogP contribution is 2.18. The zero-order valence-corrected chi connectivity index (χ0v) is 14.5. The van der Waals surface area contributed by atoms with Crippen molar-refractivity contribution in [2.75, 3.05) is 26.2 Å². The van der Waals surface area contributed by atoms with E-state index in [9.17, 15) is 0 Å².